The molecule has 88 valence electrons. The van der Waals surface area contributed by atoms with E-state index in [4.69, 9.17) is 11.6 Å². The third-order valence-corrected chi connectivity index (χ3v) is 3.71. The van der Waals surface area contributed by atoms with E-state index in [0.717, 1.165) is 0 Å². The summed E-state index contributed by atoms with van der Waals surface area (Å²) in [5.74, 6) is -0.901. The van der Waals surface area contributed by atoms with Gasteiger partial charge in [0.1, 0.15) is 0 Å². The van der Waals surface area contributed by atoms with Crippen LogP contribution in [0, 0.1) is 0 Å². The second-order valence-electron chi connectivity index (χ2n) is 3.27. The summed E-state index contributed by atoms with van der Waals surface area (Å²) in [7, 11) is 1.23. The number of hydrogen-bond donors (Lipinski definition) is 1. The van der Waals surface area contributed by atoms with Gasteiger partial charge in [-0.2, -0.15) is 0 Å². The Morgan fingerprint density at radius 1 is 1.47 bits per heavy atom. The molecule has 1 heterocycles. The maximum absolute atomic E-state index is 11.3. The fourth-order valence-electron chi connectivity index (χ4n) is 1.46. The molecule has 0 spiro atoms. The topological polar surface area (TPSA) is 59.4 Å². The van der Waals surface area contributed by atoms with Crippen LogP contribution in [0.25, 0.3) is 10.8 Å². The number of esters is 1. The van der Waals surface area contributed by atoms with Crippen molar-refractivity contribution in [3.63, 3.8) is 0 Å². The number of nitrogens with zero attached hydrogens (tertiary/aromatic N) is 1. The molecular weight excluding hydrogens is 309 g/mol. The number of hydrogen-bond acceptors (Lipinski definition) is 4. The van der Waals surface area contributed by atoms with Crippen molar-refractivity contribution in [3.8, 4) is 5.75 Å². The highest BCUT2D eigenvalue weighted by Gasteiger charge is 2.17. The predicted molar refractivity (Wildman–Crippen MR) is 67.5 cm³/mol. The number of methoxy groups -OCH3 is 1. The number of fused-ring (bicyclic) bond motifs is 1. The average molecular weight is 317 g/mol. The van der Waals surface area contributed by atoms with Crippen molar-refractivity contribution in [1.29, 1.82) is 0 Å². The summed E-state index contributed by atoms with van der Waals surface area (Å²) in [6, 6.07) is 3.24. The lowest BCUT2D eigenvalue weighted by Crippen LogP contribution is -2.04. The van der Waals surface area contributed by atoms with Crippen LogP contribution in [0.3, 0.4) is 0 Å². The van der Waals surface area contributed by atoms with Crippen molar-refractivity contribution in [2.75, 3.05) is 7.11 Å². The SMILES string of the molecule is COC(=O)c1ncc2c(Br)c(Cl)ccc2c1O. The molecule has 0 saturated carbocycles. The summed E-state index contributed by atoms with van der Waals surface area (Å²) < 4.78 is 5.14. The van der Waals surface area contributed by atoms with Gasteiger partial charge in [0.2, 0.25) is 0 Å². The van der Waals surface area contributed by atoms with Crippen LogP contribution in [0.1, 0.15) is 10.5 Å². The Balaban J connectivity index is 2.77. The Hall–Kier alpha value is -1.33. The highest BCUT2D eigenvalue weighted by molar-refractivity contribution is 9.10. The van der Waals surface area contributed by atoms with Crippen LogP contribution >= 0.6 is 27.5 Å². The first-order valence-electron chi connectivity index (χ1n) is 4.60. The summed E-state index contributed by atoms with van der Waals surface area (Å²) in [5, 5.41) is 11.6. The standard InChI is InChI=1S/C11H7BrClNO3/c1-17-11(16)9-10(15)5-2-3-7(13)8(12)6(5)4-14-9/h2-4,15H,1H3. The van der Waals surface area contributed by atoms with E-state index in [1.165, 1.54) is 13.3 Å². The number of halogens is 2. The molecule has 0 saturated heterocycles. The minimum Gasteiger partial charge on any atom is -0.505 e. The summed E-state index contributed by atoms with van der Waals surface area (Å²) >= 11 is 9.22. The number of aromatic hydroxyl groups is 1. The molecule has 0 bridgehead atoms. The maximum Gasteiger partial charge on any atom is 0.360 e. The van der Waals surface area contributed by atoms with Crippen LogP contribution in [-0.2, 0) is 4.74 Å². The van der Waals surface area contributed by atoms with Gasteiger partial charge < -0.3 is 9.84 Å². The van der Waals surface area contributed by atoms with Gasteiger partial charge in [0.05, 0.1) is 12.1 Å². The van der Waals surface area contributed by atoms with Crippen molar-refractivity contribution in [2.45, 2.75) is 0 Å². The van der Waals surface area contributed by atoms with Crippen LogP contribution in [0.4, 0.5) is 0 Å². The summed E-state index contributed by atoms with van der Waals surface area (Å²) in [5.41, 5.74) is -0.116. The van der Waals surface area contributed by atoms with Gasteiger partial charge in [-0.15, -0.1) is 0 Å². The number of carbonyl (C=O) groups is 1. The monoisotopic (exact) mass is 315 g/mol. The van der Waals surface area contributed by atoms with Crippen LogP contribution in [0.15, 0.2) is 22.8 Å². The summed E-state index contributed by atoms with van der Waals surface area (Å²) in [6.07, 6.45) is 1.46. The Kier molecular flexibility index (Phi) is 3.22. The molecule has 1 aromatic carbocycles. The number of aromatic nitrogens is 1. The molecule has 2 aromatic rings. The van der Waals surface area contributed by atoms with Gasteiger partial charge in [-0.25, -0.2) is 9.78 Å². The van der Waals surface area contributed by atoms with Crippen LogP contribution in [0.5, 0.6) is 5.75 Å². The molecule has 2 rings (SSSR count). The fraction of sp³-hybridized carbons (Fsp3) is 0.0909. The Morgan fingerprint density at radius 3 is 2.82 bits per heavy atom. The zero-order valence-electron chi connectivity index (χ0n) is 8.70. The Bertz CT molecular complexity index is 615. The van der Waals surface area contributed by atoms with Gasteiger partial charge in [0, 0.05) is 21.4 Å². The third-order valence-electron chi connectivity index (χ3n) is 2.31. The number of rotatable bonds is 1. The zero-order chi connectivity index (χ0) is 12.6. The Labute approximate surface area is 110 Å². The maximum atomic E-state index is 11.3. The van der Waals surface area contributed by atoms with Crippen molar-refractivity contribution in [3.05, 3.63) is 33.5 Å². The first kappa shape index (κ1) is 12.1. The Morgan fingerprint density at radius 2 is 2.18 bits per heavy atom. The molecule has 0 aliphatic heterocycles. The van der Waals surface area contributed by atoms with E-state index in [2.05, 4.69) is 25.7 Å². The molecule has 0 fully saturated rings. The first-order chi connectivity index (χ1) is 8.06. The molecule has 0 aliphatic rings. The second kappa shape index (κ2) is 4.50. The van der Waals surface area contributed by atoms with Crippen molar-refractivity contribution >= 4 is 44.3 Å². The molecule has 0 radical (unpaired) electrons. The number of pyridine rings is 1. The average Bonchev–Trinajstić information content (AvgIpc) is 2.33. The molecule has 6 heteroatoms. The van der Waals surface area contributed by atoms with E-state index in [0.29, 0.717) is 20.3 Å². The molecule has 1 aromatic heterocycles. The fourth-order valence-corrected chi connectivity index (χ4v) is 2.08. The lowest BCUT2D eigenvalue weighted by molar-refractivity contribution is 0.0591. The van der Waals surface area contributed by atoms with Gasteiger partial charge in [0.15, 0.2) is 11.4 Å². The third kappa shape index (κ3) is 1.96. The highest BCUT2D eigenvalue weighted by Crippen LogP contribution is 2.35. The van der Waals surface area contributed by atoms with Gasteiger partial charge in [0.25, 0.3) is 0 Å². The lowest BCUT2D eigenvalue weighted by Gasteiger charge is -2.07. The quantitative estimate of drug-likeness (QED) is 0.821. The highest BCUT2D eigenvalue weighted by atomic mass is 79.9. The summed E-state index contributed by atoms with van der Waals surface area (Å²) in [6.45, 7) is 0. The van der Waals surface area contributed by atoms with E-state index < -0.39 is 5.97 Å². The number of ether oxygens (including phenoxy) is 1. The molecule has 0 unspecified atom stereocenters. The molecule has 1 N–H and O–H groups in total. The van der Waals surface area contributed by atoms with Crippen LogP contribution in [0.2, 0.25) is 5.02 Å². The van der Waals surface area contributed by atoms with E-state index in [1.54, 1.807) is 12.1 Å². The van der Waals surface area contributed by atoms with Gasteiger partial charge in [-0.3, -0.25) is 0 Å². The zero-order valence-corrected chi connectivity index (χ0v) is 11.0. The lowest BCUT2D eigenvalue weighted by atomic mass is 10.1. The molecule has 17 heavy (non-hydrogen) atoms. The molecule has 0 aliphatic carbocycles. The largest absolute Gasteiger partial charge is 0.505 e. The first-order valence-corrected chi connectivity index (χ1v) is 5.77. The number of carbonyl (C=O) groups excluding carboxylic acids is 1. The smallest absolute Gasteiger partial charge is 0.360 e. The molecular formula is C11H7BrClNO3. The van der Waals surface area contributed by atoms with Crippen LogP contribution in [-0.4, -0.2) is 23.2 Å². The predicted octanol–water partition coefficient (Wildman–Crippen LogP) is 3.14. The molecule has 0 amide bonds. The van der Waals surface area contributed by atoms with Gasteiger partial charge in [-0.1, -0.05) is 11.6 Å². The molecule has 0 atom stereocenters. The van der Waals surface area contributed by atoms with Crippen molar-refractivity contribution in [1.82, 2.24) is 4.98 Å². The van der Waals surface area contributed by atoms with Crippen LogP contribution < -0.4 is 0 Å². The minimum atomic E-state index is -0.685. The van der Waals surface area contributed by atoms with Crippen molar-refractivity contribution < 1.29 is 14.6 Å². The van der Waals surface area contributed by atoms with Gasteiger partial charge >= 0.3 is 5.97 Å². The second-order valence-corrected chi connectivity index (χ2v) is 4.47. The van der Waals surface area contributed by atoms with E-state index in [9.17, 15) is 9.90 Å². The molecule has 4 nitrogen and oxygen atoms in total. The van der Waals surface area contributed by atoms with Gasteiger partial charge in [-0.05, 0) is 28.1 Å². The minimum absolute atomic E-state index is 0.116. The van der Waals surface area contributed by atoms with E-state index >= 15 is 0 Å². The summed E-state index contributed by atoms with van der Waals surface area (Å²) in [4.78, 5) is 15.2. The normalized spacial score (nSPS) is 10.5. The van der Waals surface area contributed by atoms with Crippen molar-refractivity contribution in [2.24, 2.45) is 0 Å². The number of benzene rings is 1. The van der Waals surface area contributed by atoms with E-state index in [1.807, 2.05) is 0 Å². The van der Waals surface area contributed by atoms with E-state index in [-0.39, 0.29) is 11.4 Å².